The van der Waals surface area contributed by atoms with E-state index in [1.165, 1.54) is 22.3 Å². The molecule has 1 saturated heterocycles. The number of nitrogens with zero attached hydrogens (tertiary/aromatic N) is 5. The monoisotopic (exact) mass is 703 g/mol. The highest BCUT2D eigenvalue weighted by Crippen LogP contribution is 2.39. The first-order valence-electron chi connectivity index (χ1n) is 17.0. The number of halogens is 2. The number of hydrogen-bond donors (Lipinski definition) is 0. The maximum atomic E-state index is 12.5. The van der Waals surface area contributed by atoms with Gasteiger partial charge in [-0.2, -0.15) is 0 Å². The number of imidazole rings is 1. The first-order valence-corrected chi connectivity index (χ1v) is 17.7. The van der Waals surface area contributed by atoms with Crippen LogP contribution in [-0.2, 0) is 35.5 Å². The van der Waals surface area contributed by atoms with Crippen LogP contribution in [0, 0.1) is 6.92 Å². The zero-order valence-electron chi connectivity index (χ0n) is 28.9. The number of benzene rings is 3. The van der Waals surface area contributed by atoms with Crippen molar-refractivity contribution in [2.75, 3.05) is 32.7 Å². The lowest BCUT2D eigenvalue weighted by molar-refractivity contribution is -0.118. The minimum Gasteiger partial charge on any atom is -0.444 e. The number of rotatable bonds is 8. The average molecular weight is 705 g/mol. The summed E-state index contributed by atoms with van der Waals surface area (Å²) in [6, 6.07) is 22.6. The Hall–Kier alpha value is -3.85. The van der Waals surface area contributed by atoms with Gasteiger partial charge >= 0.3 is 6.09 Å². The summed E-state index contributed by atoms with van der Waals surface area (Å²) in [5, 5.41) is 1.54. The molecular formula is C39H47Cl2N5O3. The average Bonchev–Trinajstić information content (AvgIpc) is 3.42. The summed E-state index contributed by atoms with van der Waals surface area (Å²) in [6.45, 7) is 12.9. The minimum atomic E-state index is -0.480. The lowest BCUT2D eigenvalue weighted by Crippen LogP contribution is -2.51. The number of amides is 2. The van der Waals surface area contributed by atoms with Gasteiger partial charge < -0.3 is 19.1 Å². The quantitative estimate of drug-likeness (QED) is 0.174. The smallest absolute Gasteiger partial charge is 0.410 e. The number of ether oxygens (including phenoxy) is 1. The van der Waals surface area contributed by atoms with E-state index >= 15 is 0 Å². The van der Waals surface area contributed by atoms with Crippen LogP contribution in [0.2, 0.25) is 10.0 Å². The first-order chi connectivity index (χ1) is 23.5. The largest absolute Gasteiger partial charge is 0.444 e. The van der Waals surface area contributed by atoms with Crippen LogP contribution < -0.4 is 0 Å². The van der Waals surface area contributed by atoms with Crippen molar-refractivity contribution in [1.29, 1.82) is 0 Å². The number of hydrogen-bond acceptors (Lipinski definition) is 5. The van der Waals surface area contributed by atoms with Crippen molar-refractivity contribution < 1.29 is 14.3 Å². The van der Waals surface area contributed by atoms with Gasteiger partial charge in [0.25, 0.3) is 0 Å². The van der Waals surface area contributed by atoms with Crippen molar-refractivity contribution in [3.63, 3.8) is 0 Å². The number of aromatic nitrogens is 2. The van der Waals surface area contributed by atoms with Gasteiger partial charge in [-0.1, -0.05) is 65.7 Å². The third-order valence-electron chi connectivity index (χ3n) is 8.80. The van der Waals surface area contributed by atoms with Crippen LogP contribution in [0.3, 0.4) is 0 Å². The summed E-state index contributed by atoms with van der Waals surface area (Å²) in [7, 11) is 0. The summed E-state index contributed by atoms with van der Waals surface area (Å²) in [5.74, 6) is 0. The predicted octanol–water partition coefficient (Wildman–Crippen LogP) is 7.97. The Balaban J connectivity index is 0.000000212. The van der Waals surface area contributed by atoms with Crippen molar-refractivity contribution in [3.8, 4) is 0 Å². The number of fused-ring (bicyclic) bond motifs is 2. The van der Waals surface area contributed by atoms with Gasteiger partial charge in [0, 0.05) is 62.1 Å². The topological polar surface area (TPSA) is 70.9 Å². The van der Waals surface area contributed by atoms with Crippen molar-refractivity contribution >= 4 is 35.7 Å². The molecule has 1 aromatic heterocycles. The van der Waals surface area contributed by atoms with Gasteiger partial charge in [0.1, 0.15) is 5.60 Å². The molecule has 1 fully saturated rings. The SMILES string of the molecule is CC(C)(C)OC(=O)N1CCN(C2c3ccc(Cl)cc3CCc3cc(Cl)ccc32)CC1.Cc1cn(CCCN(C=O)Cc2ccccc2)cn1. The Kier molecular flexibility index (Phi) is 12.4. The van der Waals surface area contributed by atoms with Crippen molar-refractivity contribution in [2.45, 2.75) is 71.7 Å². The zero-order chi connectivity index (χ0) is 35.0. The van der Waals surface area contributed by atoms with E-state index < -0.39 is 5.60 Å². The second kappa shape index (κ2) is 16.7. The number of aryl methyl sites for hydroxylation is 4. The van der Waals surface area contributed by atoms with Crippen molar-refractivity contribution in [1.82, 2.24) is 24.3 Å². The van der Waals surface area contributed by atoms with Crippen LogP contribution in [0.5, 0.6) is 0 Å². The molecule has 6 rings (SSSR count). The van der Waals surface area contributed by atoms with Gasteiger partial charge in [0.05, 0.1) is 18.1 Å². The van der Waals surface area contributed by atoms with Crippen molar-refractivity contribution in [3.05, 3.63) is 123 Å². The van der Waals surface area contributed by atoms with Gasteiger partial charge in [0.2, 0.25) is 6.41 Å². The Morgan fingerprint density at radius 3 is 2.08 bits per heavy atom. The van der Waals surface area contributed by atoms with Crippen LogP contribution in [0.1, 0.15) is 66.7 Å². The molecular weight excluding hydrogens is 657 g/mol. The van der Waals surface area contributed by atoms with E-state index in [0.29, 0.717) is 19.6 Å². The molecule has 10 heteroatoms. The van der Waals surface area contributed by atoms with E-state index in [0.717, 1.165) is 73.2 Å². The maximum absolute atomic E-state index is 12.5. The highest BCUT2D eigenvalue weighted by Gasteiger charge is 2.33. The maximum Gasteiger partial charge on any atom is 0.410 e. The van der Waals surface area contributed by atoms with E-state index in [9.17, 15) is 9.59 Å². The van der Waals surface area contributed by atoms with Crippen LogP contribution >= 0.6 is 23.2 Å². The summed E-state index contributed by atoms with van der Waals surface area (Å²) in [4.78, 5) is 33.8. The molecule has 3 aromatic carbocycles. The molecule has 2 amide bonds. The zero-order valence-corrected chi connectivity index (χ0v) is 30.5. The molecule has 2 heterocycles. The molecule has 0 bridgehead atoms. The molecule has 4 aromatic rings. The van der Waals surface area contributed by atoms with E-state index in [-0.39, 0.29) is 12.1 Å². The fourth-order valence-corrected chi connectivity index (χ4v) is 6.86. The van der Waals surface area contributed by atoms with E-state index in [1.54, 1.807) is 4.90 Å². The molecule has 0 N–H and O–H groups in total. The molecule has 8 nitrogen and oxygen atoms in total. The fourth-order valence-electron chi connectivity index (χ4n) is 6.47. The van der Waals surface area contributed by atoms with Crippen molar-refractivity contribution in [2.24, 2.45) is 0 Å². The summed E-state index contributed by atoms with van der Waals surface area (Å²) in [5.41, 5.74) is 6.87. The predicted molar refractivity (Wildman–Crippen MR) is 196 cm³/mol. The molecule has 0 saturated carbocycles. The third kappa shape index (κ3) is 10.3. The minimum absolute atomic E-state index is 0.132. The Bertz CT molecular complexity index is 1640. The van der Waals surface area contributed by atoms with Gasteiger partial charge in [0.15, 0.2) is 0 Å². The highest BCUT2D eigenvalue weighted by atomic mass is 35.5. The van der Waals surface area contributed by atoms with E-state index in [2.05, 4.69) is 38.7 Å². The molecule has 0 atom stereocenters. The van der Waals surface area contributed by atoms with Gasteiger partial charge in [-0.3, -0.25) is 9.69 Å². The van der Waals surface area contributed by atoms with Crippen LogP contribution in [0.25, 0.3) is 0 Å². The molecule has 260 valence electrons. The van der Waals surface area contributed by atoms with E-state index in [4.69, 9.17) is 27.9 Å². The molecule has 49 heavy (non-hydrogen) atoms. The Morgan fingerprint density at radius 1 is 0.939 bits per heavy atom. The molecule has 0 spiro atoms. The molecule has 2 aliphatic rings. The van der Waals surface area contributed by atoms with Crippen LogP contribution in [0.15, 0.2) is 79.3 Å². The van der Waals surface area contributed by atoms with Crippen LogP contribution in [0.4, 0.5) is 4.79 Å². The summed E-state index contributed by atoms with van der Waals surface area (Å²) in [6.07, 6.45) is 7.35. The number of carbonyl (C=O) groups excluding carboxylic acids is 2. The molecule has 1 aliphatic carbocycles. The molecule has 1 aliphatic heterocycles. The Morgan fingerprint density at radius 2 is 1.55 bits per heavy atom. The second-order valence-electron chi connectivity index (χ2n) is 13.8. The van der Waals surface area contributed by atoms with Gasteiger partial charge in [-0.05, 0) is 99.0 Å². The number of piperazine rings is 1. The molecule has 0 unspecified atom stereocenters. The first kappa shape index (κ1) is 36.4. The third-order valence-corrected chi connectivity index (χ3v) is 9.27. The Labute approximate surface area is 300 Å². The normalized spacial score (nSPS) is 14.9. The lowest BCUT2D eigenvalue weighted by atomic mass is 9.92. The van der Waals surface area contributed by atoms with Gasteiger partial charge in [-0.25, -0.2) is 9.78 Å². The van der Waals surface area contributed by atoms with E-state index in [1.807, 2.05) is 87.6 Å². The lowest BCUT2D eigenvalue weighted by Gasteiger charge is -2.40. The van der Waals surface area contributed by atoms with Gasteiger partial charge in [-0.15, -0.1) is 0 Å². The summed E-state index contributed by atoms with van der Waals surface area (Å²) >= 11 is 12.6. The van der Waals surface area contributed by atoms with Crippen LogP contribution in [-0.4, -0.2) is 75.1 Å². The molecule has 0 radical (unpaired) electrons. The standard InChI is InChI=1S/C24H28Cl2N2O2.C15H19N3O/c1-24(2,3)30-23(29)28-12-10-27(11-13-28)22-20-8-6-18(25)14-16(20)4-5-17-15-19(26)7-9-21(17)22;1-14-10-17(12-16-14)8-5-9-18(13-19)11-15-6-3-2-4-7-15/h6-9,14-15,22H,4-5,10-13H2,1-3H3;2-4,6-7,10,12-13H,5,8-9,11H2,1H3. The highest BCUT2D eigenvalue weighted by molar-refractivity contribution is 6.31. The fraction of sp³-hybridized carbons (Fsp3) is 0.410. The second-order valence-corrected chi connectivity index (χ2v) is 14.6. The number of carbonyl (C=O) groups is 2. The summed E-state index contributed by atoms with van der Waals surface area (Å²) < 4.78 is 7.61.